The highest BCUT2D eigenvalue weighted by Crippen LogP contribution is 2.23. The normalized spacial score (nSPS) is 26.0. The van der Waals surface area contributed by atoms with Crippen molar-refractivity contribution in [2.45, 2.75) is 38.9 Å². The zero-order valence-corrected chi connectivity index (χ0v) is 17.0. The number of morpholine rings is 1. The second kappa shape index (κ2) is 8.31. The SMILES string of the molecule is CC1CN(CC2CCN(C(=O)c3ccc(F)cc3I)CC2)CC(C)O1. The van der Waals surface area contributed by atoms with Gasteiger partial charge in [-0.25, -0.2) is 4.39 Å². The van der Waals surface area contributed by atoms with E-state index in [1.54, 1.807) is 6.07 Å². The van der Waals surface area contributed by atoms with Crippen molar-refractivity contribution >= 4 is 28.5 Å². The minimum absolute atomic E-state index is 0.0245. The third-order valence-corrected chi connectivity index (χ3v) is 5.97. The van der Waals surface area contributed by atoms with Gasteiger partial charge in [0.05, 0.1) is 17.8 Å². The maximum absolute atomic E-state index is 13.2. The van der Waals surface area contributed by atoms with Gasteiger partial charge in [-0.15, -0.1) is 0 Å². The van der Waals surface area contributed by atoms with Crippen LogP contribution in [0.15, 0.2) is 18.2 Å². The van der Waals surface area contributed by atoms with E-state index in [1.807, 2.05) is 27.5 Å². The number of hydrogen-bond donors (Lipinski definition) is 0. The van der Waals surface area contributed by atoms with Crippen LogP contribution in [0.25, 0.3) is 0 Å². The molecule has 2 aliphatic heterocycles. The molecular weight excluding hydrogens is 434 g/mol. The molecule has 6 heteroatoms. The van der Waals surface area contributed by atoms with Crippen molar-refractivity contribution in [2.24, 2.45) is 5.92 Å². The third kappa shape index (κ3) is 4.92. The molecule has 2 atom stereocenters. The number of rotatable bonds is 3. The van der Waals surface area contributed by atoms with Gasteiger partial charge >= 0.3 is 0 Å². The smallest absolute Gasteiger partial charge is 0.254 e. The Morgan fingerprint density at radius 1 is 1.24 bits per heavy atom. The summed E-state index contributed by atoms with van der Waals surface area (Å²) in [4.78, 5) is 17.1. The van der Waals surface area contributed by atoms with Gasteiger partial charge in [-0.1, -0.05) is 0 Å². The number of carbonyl (C=O) groups excluding carboxylic acids is 1. The van der Waals surface area contributed by atoms with E-state index in [4.69, 9.17) is 4.74 Å². The van der Waals surface area contributed by atoms with Crippen LogP contribution >= 0.6 is 22.6 Å². The number of carbonyl (C=O) groups is 1. The second-order valence-corrected chi connectivity index (χ2v) is 8.50. The number of benzene rings is 1. The lowest BCUT2D eigenvalue weighted by Gasteiger charge is -2.39. The fourth-order valence-electron chi connectivity index (χ4n) is 3.95. The predicted molar refractivity (Wildman–Crippen MR) is 104 cm³/mol. The van der Waals surface area contributed by atoms with E-state index in [2.05, 4.69) is 18.7 Å². The first-order chi connectivity index (χ1) is 11.9. The van der Waals surface area contributed by atoms with Crippen molar-refractivity contribution in [3.63, 3.8) is 0 Å². The maximum atomic E-state index is 13.2. The van der Waals surface area contributed by atoms with Gasteiger partial charge in [0.1, 0.15) is 5.82 Å². The Morgan fingerprint density at radius 3 is 2.48 bits per heavy atom. The predicted octanol–water partition coefficient (Wildman–Crippen LogP) is 3.39. The molecule has 1 amide bonds. The monoisotopic (exact) mass is 460 g/mol. The molecule has 2 aliphatic rings. The fourth-order valence-corrected chi connectivity index (χ4v) is 4.66. The third-order valence-electron chi connectivity index (χ3n) is 5.07. The van der Waals surface area contributed by atoms with Crippen LogP contribution in [0.5, 0.6) is 0 Å². The molecule has 2 unspecified atom stereocenters. The van der Waals surface area contributed by atoms with Crippen LogP contribution in [0, 0.1) is 15.3 Å². The van der Waals surface area contributed by atoms with Gasteiger partial charge in [0.25, 0.3) is 5.91 Å². The molecule has 2 saturated heterocycles. The lowest BCUT2D eigenvalue weighted by molar-refractivity contribution is -0.0728. The molecule has 0 spiro atoms. The van der Waals surface area contributed by atoms with E-state index in [0.717, 1.165) is 45.6 Å². The minimum Gasteiger partial charge on any atom is -0.373 e. The van der Waals surface area contributed by atoms with Gasteiger partial charge in [-0.2, -0.15) is 0 Å². The lowest BCUT2D eigenvalue weighted by Crippen LogP contribution is -2.48. The molecule has 0 saturated carbocycles. The zero-order chi connectivity index (χ0) is 18.0. The van der Waals surface area contributed by atoms with Crippen LogP contribution in [0.1, 0.15) is 37.0 Å². The summed E-state index contributed by atoms with van der Waals surface area (Å²) < 4.78 is 19.7. The van der Waals surface area contributed by atoms with E-state index in [0.29, 0.717) is 27.3 Å². The molecule has 4 nitrogen and oxygen atoms in total. The minimum atomic E-state index is -0.298. The summed E-state index contributed by atoms with van der Waals surface area (Å²) in [6, 6.07) is 4.38. The van der Waals surface area contributed by atoms with Gasteiger partial charge in [0, 0.05) is 36.3 Å². The summed E-state index contributed by atoms with van der Waals surface area (Å²) in [6.45, 7) is 8.92. The van der Waals surface area contributed by atoms with Crippen LogP contribution in [-0.2, 0) is 4.74 Å². The van der Waals surface area contributed by atoms with Crippen molar-refractivity contribution in [1.29, 1.82) is 0 Å². The molecule has 0 N–H and O–H groups in total. The highest BCUT2D eigenvalue weighted by molar-refractivity contribution is 14.1. The lowest BCUT2D eigenvalue weighted by atomic mass is 9.95. The first-order valence-corrected chi connectivity index (χ1v) is 10.1. The molecule has 0 radical (unpaired) electrons. The molecule has 138 valence electrons. The van der Waals surface area contributed by atoms with Crippen molar-refractivity contribution < 1.29 is 13.9 Å². The average molecular weight is 460 g/mol. The Balaban J connectivity index is 1.52. The number of nitrogens with zero attached hydrogens (tertiary/aromatic N) is 2. The topological polar surface area (TPSA) is 32.8 Å². The summed E-state index contributed by atoms with van der Waals surface area (Å²) in [5, 5.41) is 0. The number of likely N-dealkylation sites (tertiary alicyclic amines) is 1. The number of amides is 1. The first kappa shape index (κ1) is 19.0. The Hall–Kier alpha value is -0.730. The van der Waals surface area contributed by atoms with Crippen LogP contribution in [0.4, 0.5) is 4.39 Å². The summed E-state index contributed by atoms with van der Waals surface area (Å²) in [5.41, 5.74) is 0.608. The van der Waals surface area contributed by atoms with E-state index < -0.39 is 0 Å². The standard InChI is InChI=1S/C19H26FIN2O2/c1-13-10-22(11-14(2)25-13)12-15-5-7-23(8-6-15)19(24)17-4-3-16(20)9-18(17)21/h3-4,9,13-15H,5-8,10-12H2,1-2H3. The summed E-state index contributed by atoms with van der Waals surface area (Å²) in [6.07, 6.45) is 2.66. The van der Waals surface area contributed by atoms with Crippen LogP contribution in [-0.4, -0.2) is 60.6 Å². The van der Waals surface area contributed by atoms with Gasteiger partial charge in [-0.3, -0.25) is 9.69 Å². The fraction of sp³-hybridized carbons (Fsp3) is 0.632. The Morgan fingerprint density at radius 2 is 1.88 bits per heavy atom. The quantitative estimate of drug-likeness (QED) is 0.649. The van der Waals surface area contributed by atoms with E-state index in [9.17, 15) is 9.18 Å². The summed E-state index contributed by atoms with van der Waals surface area (Å²) in [7, 11) is 0. The highest BCUT2D eigenvalue weighted by atomic mass is 127. The summed E-state index contributed by atoms with van der Waals surface area (Å²) >= 11 is 2.04. The van der Waals surface area contributed by atoms with Gasteiger partial charge in [0.15, 0.2) is 0 Å². The largest absolute Gasteiger partial charge is 0.373 e. The van der Waals surface area contributed by atoms with E-state index >= 15 is 0 Å². The maximum Gasteiger partial charge on any atom is 0.254 e. The van der Waals surface area contributed by atoms with Crippen LogP contribution in [0.2, 0.25) is 0 Å². The van der Waals surface area contributed by atoms with Crippen LogP contribution in [0.3, 0.4) is 0 Å². The van der Waals surface area contributed by atoms with Gasteiger partial charge in [0.2, 0.25) is 0 Å². The number of halogens is 2. The molecule has 0 bridgehead atoms. The molecule has 1 aromatic carbocycles. The molecular formula is C19H26FIN2O2. The van der Waals surface area contributed by atoms with Crippen molar-refractivity contribution in [2.75, 3.05) is 32.7 Å². The molecule has 2 fully saturated rings. The molecule has 3 rings (SSSR count). The Kier molecular flexibility index (Phi) is 6.33. The summed E-state index contributed by atoms with van der Waals surface area (Å²) in [5.74, 6) is 0.360. The number of piperidine rings is 1. The first-order valence-electron chi connectivity index (χ1n) is 9.04. The average Bonchev–Trinajstić information content (AvgIpc) is 2.54. The Labute approximate surface area is 162 Å². The van der Waals surface area contributed by atoms with Crippen molar-refractivity contribution in [1.82, 2.24) is 9.80 Å². The Bertz CT molecular complexity index is 609. The molecule has 2 heterocycles. The van der Waals surface area contributed by atoms with E-state index in [-0.39, 0.29) is 11.7 Å². The van der Waals surface area contributed by atoms with Crippen molar-refractivity contribution in [3.05, 3.63) is 33.1 Å². The number of ether oxygens (including phenoxy) is 1. The molecule has 0 aliphatic carbocycles. The van der Waals surface area contributed by atoms with Crippen molar-refractivity contribution in [3.8, 4) is 0 Å². The second-order valence-electron chi connectivity index (χ2n) is 7.34. The van der Waals surface area contributed by atoms with E-state index in [1.165, 1.54) is 12.1 Å². The highest BCUT2D eigenvalue weighted by Gasteiger charge is 2.28. The van der Waals surface area contributed by atoms with Gasteiger partial charge in [-0.05, 0) is 73.4 Å². The molecule has 0 aromatic heterocycles. The number of hydrogen-bond acceptors (Lipinski definition) is 3. The van der Waals surface area contributed by atoms with Crippen LogP contribution < -0.4 is 0 Å². The zero-order valence-electron chi connectivity index (χ0n) is 14.9. The van der Waals surface area contributed by atoms with Gasteiger partial charge < -0.3 is 9.64 Å². The molecule has 1 aromatic rings. The molecule has 25 heavy (non-hydrogen) atoms.